The molecule has 1 fully saturated rings. The van der Waals surface area contributed by atoms with Crippen LogP contribution in [0, 0.1) is 17.8 Å². The molecule has 2 nitrogen and oxygen atoms in total. The lowest BCUT2D eigenvalue weighted by Crippen LogP contribution is -2.28. The molecular formula is C12H23NO. The van der Waals surface area contributed by atoms with E-state index in [0.717, 1.165) is 25.3 Å². The lowest BCUT2D eigenvalue weighted by Gasteiger charge is -2.28. The van der Waals surface area contributed by atoms with Crippen LogP contribution in [0.5, 0.6) is 0 Å². The minimum Gasteiger partial charge on any atom is -0.319 e. The lowest BCUT2D eigenvalue weighted by atomic mass is 9.78. The number of carbonyl (C=O) groups excluding carboxylic acids is 1. The minimum absolute atomic E-state index is 0.223. The molecule has 1 rings (SSSR count). The molecule has 0 amide bonds. The largest absolute Gasteiger partial charge is 0.319 e. The van der Waals surface area contributed by atoms with Crippen molar-refractivity contribution in [3.05, 3.63) is 0 Å². The van der Waals surface area contributed by atoms with Crippen molar-refractivity contribution in [1.82, 2.24) is 5.32 Å². The Morgan fingerprint density at radius 3 is 2.29 bits per heavy atom. The van der Waals surface area contributed by atoms with Crippen LogP contribution in [0.1, 0.15) is 39.5 Å². The van der Waals surface area contributed by atoms with Crippen molar-refractivity contribution in [1.29, 1.82) is 0 Å². The van der Waals surface area contributed by atoms with Gasteiger partial charge in [-0.2, -0.15) is 0 Å². The Bertz CT molecular complexity index is 181. The highest BCUT2D eigenvalue weighted by atomic mass is 16.1. The molecule has 1 saturated carbocycles. The van der Waals surface area contributed by atoms with Gasteiger partial charge >= 0.3 is 0 Å². The highest BCUT2D eigenvalue weighted by Crippen LogP contribution is 2.30. The summed E-state index contributed by atoms with van der Waals surface area (Å²) in [6.07, 6.45) is 4.68. The summed E-state index contributed by atoms with van der Waals surface area (Å²) >= 11 is 0. The average Bonchev–Trinajstić information content (AvgIpc) is 2.18. The molecule has 0 aromatic rings. The van der Waals surface area contributed by atoms with Crippen LogP contribution in [-0.4, -0.2) is 19.4 Å². The van der Waals surface area contributed by atoms with E-state index in [2.05, 4.69) is 5.32 Å². The van der Waals surface area contributed by atoms with E-state index < -0.39 is 0 Å². The van der Waals surface area contributed by atoms with Gasteiger partial charge in [-0.05, 0) is 45.2 Å². The second-order valence-electron chi connectivity index (χ2n) is 4.83. The molecule has 1 N–H and O–H groups in total. The third-order valence-corrected chi connectivity index (χ3v) is 3.31. The van der Waals surface area contributed by atoms with Gasteiger partial charge in [-0.25, -0.2) is 0 Å². The van der Waals surface area contributed by atoms with Crippen molar-refractivity contribution in [2.45, 2.75) is 39.5 Å². The molecule has 0 saturated heterocycles. The van der Waals surface area contributed by atoms with Crippen molar-refractivity contribution in [3.8, 4) is 0 Å². The third kappa shape index (κ3) is 3.09. The number of nitrogens with one attached hydrogen (secondary N) is 1. The molecule has 0 bridgehead atoms. The Morgan fingerprint density at radius 1 is 1.29 bits per heavy atom. The molecule has 0 spiro atoms. The summed E-state index contributed by atoms with van der Waals surface area (Å²) in [6.45, 7) is 5.15. The first kappa shape index (κ1) is 11.7. The lowest BCUT2D eigenvalue weighted by molar-refractivity contribution is -0.127. The second-order valence-corrected chi connectivity index (χ2v) is 4.83. The quantitative estimate of drug-likeness (QED) is 0.749. The first-order valence-corrected chi connectivity index (χ1v) is 5.83. The zero-order valence-corrected chi connectivity index (χ0v) is 9.68. The van der Waals surface area contributed by atoms with Gasteiger partial charge in [-0.3, -0.25) is 4.79 Å². The van der Waals surface area contributed by atoms with Crippen LogP contribution < -0.4 is 5.32 Å². The van der Waals surface area contributed by atoms with E-state index in [1.165, 1.54) is 12.8 Å². The van der Waals surface area contributed by atoms with Crippen molar-refractivity contribution < 1.29 is 4.79 Å². The molecule has 0 unspecified atom stereocenters. The monoisotopic (exact) mass is 197 g/mol. The van der Waals surface area contributed by atoms with Crippen LogP contribution in [0.4, 0.5) is 0 Å². The van der Waals surface area contributed by atoms with E-state index in [0.29, 0.717) is 11.7 Å². The fourth-order valence-corrected chi connectivity index (χ4v) is 2.41. The molecular weight excluding hydrogens is 174 g/mol. The zero-order valence-electron chi connectivity index (χ0n) is 9.68. The molecule has 0 radical (unpaired) electrons. The van der Waals surface area contributed by atoms with Gasteiger partial charge < -0.3 is 5.32 Å². The summed E-state index contributed by atoms with van der Waals surface area (Å²) in [5.41, 5.74) is 0. The van der Waals surface area contributed by atoms with Gasteiger partial charge in [0, 0.05) is 11.8 Å². The van der Waals surface area contributed by atoms with Crippen molar-refractivity contribution in [2.75, 3.05) is 13.6 Å². The highest BCUT2D eigenvalue weighted by Gasteiger charge is 2.26. The SMILES string of the molecule is CNCC1CCC(C(=O)C(C)C)CC1. The summed E-state index contributed by atoms with van der Waals surface area (Å²) in [6, 6.07) is 0. The Balaban J connectivity index is 2.32. The highest BCUT2D eigenvalue weighted by molar-refractivity contribution is 5.82. The smallest absolute Gasteiger partial charge is 0.138 e. The van der Waals surface area contributed by atoms with Crippen molar-refractivity contribution in [2.24, 2.45) is 17.8 Å². The standard InChI is InChI=1S/C12H23NO/c1-9(2)12(14)11-6-4-10(5-7-11)8-13-3/h9-11,13H,4-8H2,1-3H3. The van der Waals surface area contributed by atoms with E-state index in [4.69, 9.17) is 0 Å². The number of Topliss-reactive ketones (excluding diaryl/α,β-unsaturated/α-hetero) is 1. The predicted octanol–water partition coefficient (Wildman–Crippen LogP) is 2.24. The van der Waals surface area contributed by atoms with E-state index in [-0.39, 0.29) is 5.92 Å². The molecule has 0 aromatic carbocycles. The molecule has 14 heavy (non-hydrogen) atoms. The fraction of sp³-hybridized carbons (Fsp3) is 0.917. The first-order valence-electron chi connectivity index (χ1n) is 5.83. The Hall–Kier alpha value is -0.370. The maximum absolute atomic E-state index is 11.7. The fourth-order valence-electron chi connectivity index (χ4n) is 2.41. The van der Waals surface area contributed by atoms with Gasteiger partial charge in [0.15, 0.2) is 0 Å². The minimum atomic E-state index is 0.223. The van der Waals surface area contributed by atoms with E-state index in [1.54, 1.807) is 0 Å². The van der Waals surface area contributed by atoms with E-state index in [1.807, 2.05) is 20.9 Å². The van der Waals surface area contributed by atoms with Gasteiger partial charge in [-0.15, -0.1) is 0 Å². The van der Waals surface area contributed by atoms with Crippen LogP contribution >= 0.6 is 0 Å². The molecule has 0 atom stereocenters. The summed E-state index contributed by atoms with van der Waals surface area (Å²) in [4.78, 5) is 11.7. The van der Waals surface area contributed by atoms with Crippen LogP contribution in [0.15, 0.2) is 0 Å². The second kappa shape index (κ2) is 5.50. The predicted molar refractivity (Wildman–Crippen MR) is 59.2 cm³/mol. The van der Waals surface area contributed by atoms with Gasteiger partial charge in [0.1, 0.15) is 5.78 Å². The number of hydrogen-bond acceptors (Lipinski definition) is 2. The van der Waals surface area contributed by atoms with Crippen LogP contribution in [0.3, 0.4) is 0 Å². The Labute approximate surface area is 87.5 Å². The molecule has 82 valence electrons. The first-order chi connectivity index (χ1) is 6.65. The summed E-state index contributed by atoms with van der Waals surface area (Å²) in [5.74, 6) is 1.87. The average molecular weight is 197 g/mol. The number of carbonyl (C=O) groups is 1. The molecule has 0 aromatic heterocycles. The van der Waals surface area contributed by atoms with Gasteiger partial charge in [-0.1, -0.05) is 13.8 Å². The number of rotatable bonds is 4. The number of ketones is 1. The third-order valence-electron chi connectivity index (χ3n) is 3.31. The topological polar surface area (TPSA) is 29.1 Å². The Morgan fingerprint density at radius 2 is 1.86 bits per heavy atom. The van der Waals surface area contributed by atoms with Gasteiger partial charge in [0.05, 0.1) is 0 Å². The zero-order chi connectivity index (χ0) is 10.6. The molecule has 0 aliphatic heterocycles. The van der Waals surface area contributed by atoms with Gasteiger partial charge in [0.2, 0.25) is 0 Å². The molecule has 2 heteroatoms. The molecule has 0 heterocycles. The van der Waals surface area contributed by atoms with Crippen LogP contribution in [-0.2, 0) is 4.79 Å². The van der Waals surface area contributed by atoms with Crippen LogP contribution in [0.25, 0.3) is 0 Å². The van der Waals surface area contributed by atoms with E-state index in [9.17, 15) is 4.79 Å². The number of hydrogen-bond donors (Lipinski definition) is 1. The van der Waals surface area contributed by atoms with Gasteiger partial charge in [0.25, 0.3) is 0 Å². The van der Waals surface area contributed by atoms with Crippen LogP contribution in [0.2, 0.25) is 0 Å². The molecule has 1 aliphatic carbocycles. The van der Waals surface area contributed by atoms with E-state index >= 15 is 0 Å². The normalized spacial score (nSPS) is 28.0. The van der Waals surface area contributed by atoms with Crippen molar-refractivity contribution in [3.63, 3.8) is 0 Å². The summed E-state index contributed by atoms with van der Waals surface area (Å²) in [7, 11) is 2.01. The summed E-state index contributed by atoms with van der Waals surface area (Å²) < 4.78 is 0. The maximum Gasteiger partial charge on any atom is 0.138 e. The maximum atomic E-state index is 11.7. The van der Waals surface area contributed by atoms with Crippen molar-refractivity contribution >= 4 is 5.78 Å². The molecule has 1 aliphatic rings. The summed E-state index contributed by atoms with van der Waals surface area (Å²) in [5, 5.41) is 3.22. The Kier molecular flexibility index (Phi) is 4.59.